The number of para-hydroxylation sites is 1. The zero-order chi connectivity index (χ0) is 21.7. The van der Waals surface area contributed by atoms with Crippen LogP contribution < -0.4 is 10.0 Å². The standard InChI is InChI=1S/C23H23ClN2O3S/c1-16-7-6-8-17(2)22(16)25-23(27)21(15-18-9-4-3-5-10-18)26-30(28,29)20-13-11-19(24)12-14-20/h3-14,21,26H,15H2,1-2H3,(H,25,27)/t21-/m1/s1. The number of carbonyl (C=O) groups is 1. The number of rotatable bonds is 7. The molecule has 5 nitrogen and oxygen atoms in total. The molecular weight excluding hydrogens is 420 g/mol. The summed E-state index contributed by atoms with van der Waals surface area (Å²) in [4.78, 5) is 13.2. The Morgan fingerprint density at radius 2 is 1.50 bits per heavy atom. The summed E-state index contributed by atoms with van der Waals surface area (Å²) in [5, 5.41) is 3.33. The van der Waals surface area contributed by atoms with E-state index in [-0.39, 0.29) is 11.3 Å². The summed E-state index contributed by atoms with van der Waals surface area (Å²) >= 11 is 5.87. The normalized spacial score (nSPS) is 12.4. The number of hydrogen-bond donors (Lipinski definition) is 2. The van der Waals surface area contributed by atoms with Gasteiger partial charge in [-0.15, -0.1) is 0 Å². The molecule has 0 saturated carbocycles. The minimum absolute atomic E-state index is 0.0461. The minimum Gasteiger partial charge on any atom is -0.324 e. The second-order valence-corrected chi connectivity index (χ2v) is 9.22. The monoisotopic (exact) mass is 442 g/mol. The molecule has 156 valence electrons. The van der Waals surface area contributed by atoms with E-state index >= 15 is 0 Å². The SMILES string of the molecule is Cc1cccc(C)c1NC(=O)[C@@H](Cc1ccccc1)NS(=O)(=O)c1ccc(Cl)cc1. The number of hydrogen-bond acceptors (Lipinski definition) is 3. The molecule has 0 aliphatic heterocycles. The summed E-state index contributed by atoms with van der Waals surface area (Å²) in [5.74, 6) is -0.422. The van der Waals surface area contributed by atoms with E-state index in [4.69, 9.17) is 11.6 Å². The van der Waals surface area contributed by atoms with Gasteiger partial charge in [0.25, 0.3) is 0 Å². The Labute approximate surface area is 182 Å². The average molecular weight is 443 g/mol. The van der Waals surface area contributed by atoms with Crippen molar-refractivity contribution in [1.29, 1.82) is 0 Å². The number of aryl methyl sites for hydroxylation is 2. The van der Waals surface area contributed by atoms with E-state index in [1.54, 1.807) is 0 Å². The first-order chi connectivity index (χ1) is 14.3. The van der Waals surface area contributed by atoms with Gasteiger partial charge in [-0.25, -0.2) is 8.42 Å². The van der Waals surface area contributed by atoms with Crippen molar-refractivity contribution in [2.75, 3.05) is 5.32 Å². The van der Waals surface area contributed by atoms with Gasteiger partial charge in [0.2, 0.25) is 15.9 Å². The van der Waals surface area contributed by atoms with Crippen molar-refractivity contribution in [3.05, 3.63) is 94.5 Å². The fourth-order valence-corrected chi connectivity index (χ4v) is 4.45. The third-order valence-electron chi connectivity index (χ3n) is 4.75. The second-order valence-electron chi connectivity index (χ2n) is 7.07. The molecule has 3 aromatic rings. The zero-order valence-electron chi connectivity index (χ0n) is 16.7. The molecule has 30 heavy (non-hydrogen) atoms. The number of benzene rings is 3. The lowest BCUT2D eigenvalue weighted by atomic mass is 10.0. The lowest BCUT2D eigenvalue weighted by Gasteiger charge is -2.20. The Morgan fingerprint density at radius 1 is 0.900 bits per heavy atom. The molecule has 0 bridgehead atoms. The van der Waals surface area contributed by atoms with Gasteiger partial charge >= 0.3 is 0 Å². The fraction of sp³-hybridized carbons (Fsp3) is 0.174. The number of anilines is 1. The molecule has 0 fully saturated rings. The fourth-order valence-electron chi connectivity index (χ4n) is 3.13. The Morgan fingerprint density at radius 3 is 2.10 bits per heavy atom. The summed E-state index contributed by atoms with van der Waals surface area (Å²) < 4.78 is 28.4. The van der Waals surface area contributed by atoms with Crippen molar-refractivity contribution in [3.63, 3.8) is 0 Å². The molecule has 0 spiro atoms. The predicted molar refractivity (Wildman–Crippen MR) is 120 cm³/mol. The van der Waals surface area contributed by atoms with Crippen molar-refractivity contribution in [2.24, 2.45) is 0 Å². The number of nitrogens with one attached hydrogen (secondary N) is 2. The van der Waals surface area contributed by atoms with Gasteiger partial charge in [0.1, 0.15) is 6.04 Å². The van der Waals surface area contributed by atoms with Crippen molar-refractivity contribution in [3.8, 4) is 0 Å². The molecule has 3 aromatic carbocycles. The summed E-state index contributed by atoms with van der Waals surface area (Å²) in [7, 11) is -3.92. The minimum atomic E-state index is -3.92. The Hall–Kier alpha value is -2.67. The van der Waals surface area contributed by atoms with Crippen molar-refractivity contribution >= 4 is 33.2 Å². The van der Waals surface area contributed by atoms with Crippen LogP contribution in [-0.2, 0) is 21.2 Å². The maximum Gasteiger partial charge on any atom is 0.242 e. The Balaban J connectivity index is 1.90. The number of carbonyl (C=O) groups excluding carboxylic acids is 1. The van der Waals surface area contributed by atoms with Crippen LogP contribution in [0.15, 0.2) is 77.7 Å². The molecule has 1 atom stereocenters. The maximum absolute atomic E-state index is 13.1. The van der Waals surface area contributed by atoms with Crippen LogP contribution in [0.25, 0.3) is 0 Å². The highest BCUT2D eigenvalue weighted by Crippen LogP contribution is 2.21. The Kier molecular flexibility index (Phi) is 6.92. The topological polar surface area (TPSA) is 75.3 Å². The molecule has 0 aromatic heterocycles. The first-order valence-electron chi connectivity index (χ1n) is 9.45. The van der Waals surface area contributed by atoms with Crippen LogP contribution >= 0.6 is 11.6 Å². The van der Waals surface area contributed by atoms with Crippen molar-refractivity contribution in [2.45, 2.75) is 31.2 Å². The van der Waals surface area contributed by atoms with E-state index in [0.717, 1.165) is 16.7 Å². The third kappa shape index (κ3) is 5.48. The van der Waals surface area contributed by atoms with Gasteiger partial charge in [-0.05, 0) is 61.2 Å². The summed E-state index contributed by atoms with van der Waals surface area (Å²) in [6, 6.07) is 19.8. The average Bonchev–Trinajstić information content (AvgIpc) is 2.71. The molecule has 7 heteroatoms. The van der Waals surface area contributed by atoms with E-state index in [1.807, 2.05) is 62.4 Å². The highest BCUT2D eigenvalue weighted by atomic mass is 35.5. The van der Waals surface area contributed by atoms with Crippen LogP contribution in [0.5, 0.6) is 0 Å². The molecule has 0 radical (unpaired) electrons. The smallest absolute Gasteiger partial charge is 0.242 e. The van der Waals surface area contributed by atoms with Gasteiger partial charge in [0.05, 0.1) is 4.90 Å². The largest absolute Gasteiger partial charge is 0.324 e. The van der Waals surface area contributed by atoms with Gasteiger partial charge in [-0.3, -0.25) is 4.79 Å². The number of amides is 1. The van der Waals surface area contributed by atoms with Crippen LogP contribution in [-0.4, -0.2) is 20.4 Å². The quantitative estimate of drug-likeness (QED) is 0.566. The van der Waals surface area contributed by atoms with Crippen LogP contribution in [0.3, 0.4) is 0 Å². The molecule has 0 aliphatic carbocycles. The van der Waals surface area contributed by atoms with E-state index in [2.05, 4.69) is 10.0 Å². The molecule has 3 rings (SSSR count). The van der Waals surface area contributed by atoms with Gasteiger partial charge in [0, 0.05) is 10.7 Å². The highest BCUT2D eigenvalue weighted by Gasteiger charge is 2.26. The first kappa shape index (κ1) is 22.0. The van der Waals surface area contributed by atoms with Gasteiger partial charge < -0.3 is 5.32 Å². The zero-order valence-corrected chi connectivity index (χ0v) is 18.3. The van der Waals surface area contributed by atoms with Gasteiger partial charge in [0.15, 0.2) is 0 Å². The Bertz CT molecular complexity index is 1110. The van der Waals surface area contributed by atoms with E-state index in [9.17, 15) is 13.2 Å². The molecular formula is C23H23ClN2O3S. The highest BCUT2D eigenvalue weighted by molar-refractivity contribution is 7.89. The van der Waals surface area contributed by atoms with Crippen LogP contribution in [0.4, 0.5) is 5.69 Å². The van der Waals surface area contributed by atoms with Crippen LogP contribution in [0, 0.1) is 13.8 Å². The lowest BCUT2D eigenvalue weighted by molar-refractivity contribution is -0.117. The van der Waals surface area contributed by atoms with Gasteiger partial charge in [-0.1, -0.05) is 60.1 Å². The summed E-state index contributed by atoms with van der Waals surface area (Å²) in [6.45, 7) is 3.79. The van der Waals surface area contributed by atoms with Crippen molar-refractivity contribution in [1.82, 2.24) is 4.72 Å². The van der Waals surface area contributed by atoms with Crippen LogP contribution in [0.2, 0.25) is 5.02 Å². The molecule has 0 heterocycles. The summed E-state index contributed by atoms with van der Waals surface area (Å²) in [5.41, 5.74) is 3.34. The van der Waals surface area contributed by atoms with Crippen LogP contribution in [0.1, 0.15) is 16.7 Å². The van der Waals surface area contributed by atoms with E-state index in [0.29, 0.717) is 10.7 Å². The number of halogens is 1. The first-order valence-corrected chi connectivity index (χ1v) is 11.3. The molecule has 0 unspecified atom stereocenters. The maximum atomic E-state index is 13.1. The third-order valence-corrected chi connectivity index (χ3v) is 6.49. The predicted octanol–water partition coefficient (Wildman–Crippen LogP) is 4.49. The lowest BCUT2D eigenvalue weighted by Crippen LogP contribution is -2.45. The van der Waals surface area contributed by atoms with E-state index < -0.39 is 22.0 Å². The van der Waals surface area contributed by atoms with E-state index in [1.165, 1.54) is 24.3 Å². The second kappa shape index (κ2) is 9.43. The number of sulfonamides is 1. The molecule has 0 saturated heterocycles. The molecule has 0 aliphatic rings. The van der Waals surface area contributed by atoms with Gasteiger partial charge in [-0.2, -0.15) is 4.72 Å². The van der Waals surface area contributed by atoms with Crippen molar-refractivity contribution < 1.29 is 13.2 Å². The molecule has 2 N–H and O–H groups in total. The summed E-state index contributed by atoms with van der Waals surface area (Å²) in [6.07, 6.45) is 0.213. The molecule has 1 amide bonds.